The van der Waals surface area contributed by atoms with Crippen molar-refractivity contribution in [2.45, 2.75) is 106 Å². The van der Waals surface area contributed by atoms with Gasteiger partial charge in [0.25, 0.3) is 0 Å². The maximum Gasteiger partial charge on any atom is 0.123 e. The minimum Gasteiger partial charge on any atom is -0.303 e. The van der Waals surface area contributed by atoms with E-state index in [1.807, 2.05) is 39.8 Å². The molecular formula is C36H59F2N3. The Hall–Kier alpha value is -2.79. The van der Waals surface area contributed by atoms with Gasteiger partial charge in [-0.25, -0.2) is 8.78 Å². The molecule has 1 aliphatic heterocycles. The van der Waals surface area contributed by atoms with E-state index in [2.05, 4.69) is 48.5 Å². The van der Waals surface area contributed by atoms with Crippen LogP contribution in [0.5, 0.6) is 0 Å². The molecule has 0 unspecified atom stereocenters. The lowest BCUT2D eigenvalue weighted by atomic mass is 10.1. The molecular weight excluding hydrogens is 512 g/mol. The SMILES string of the molecule is C=CCC.CC.CC/C=C(F)\C=C/Cc1ccn[nH]1.CC/C=C(\CC)CCN1CCCCC1.Cc1ccc(F)cc1. The Kier molecular flexibility index (Phi) is 29.7. The molecule has 1 aromatic heterocycles. The third kappa shape index (κ3) is 25.9. The van der Waals surface area contributed by atoms with Gasteiger partial charge >= 0.3 is 0 Å². The van der Waals surface area contributed by atoms with Gasteiger partial charge in [-0.15, -0.1) is 6.58 Å². The summed E-state index contributed by atoms with van der Waals surface area (Å²) in [5.41, 5.74) is 3.73. The summed E-state index contributed by atoms with van der Waals surface area (Å²) in [5.74, 6) is -0.349. The molecule has 0 radical (unpaired) electrons. The smallest absolute Gasteiger partial charge is 0.123 e. The summed E-state index contributed by atoms with van der Waals surface area (Å²) in [6.45, 7) is 21.8. The van der Waals surface area contributed by atoms with Crippen LogP contribution in [0.3, 0.4) is 0 Å². The number of piperidine rings is 1. The molecule has 1 N–H and O–H groups in total. The first kappa shape index (κ1) is 40.3. The quantitative estimate of drug-likeness (QED) is 0.227. The topological polar surface area (TPSA) is 31.9 Å². The molecule has 5 heteroatoms. The number of aromatic nitrogens is 2. The van der Waals surface area contributed by atoms with Crippen LogP contribution in [-0.4, -0.2) is 34.7 Å². The van der Waals surface area contributed by atoms with E-state index in [-0.39, 0.29) is 11.6 Å². The number of aryl methyl sites for hydroxylation is 1. The second kappa shape index (κ2) is 30.2. The molecule has 41 heavy (non-hydrogen) atoms. The fourth-order valence-electron chi connectivity index (χ4n) is 3.69. The number of halogens is 2. The lowest BCUT2D eigenvalue weighted by molar-refractivity contribution is 0.231. The Bertz CT molecular complexity index is 886. The van der Waals surface area contributed by atoms with E-state index in [4.69, 9.17) is 0 Å². The maximum absolute atomic E-state index is 12.8. The van der Waals surface area contributed by atoms with Gasteiger partial charge < -0.3 is 4.90 Å². The summed E-state index contributed by atoms with van der Waals surface area (Å²) in [7, 11) is 0. The van der Waals surface area contributed by atoms with Crippen LogP contribution in [0.15, 0.2) is 84.9 Å². The minimum atomic E-state index is -0.179. The van der Waals surface area contributed by atoms with Crippen molar-refractivity contribution in [3.63, 3.8) is 0 Å². The lowest BCUT2D eigenvalue weighted by Crippen LogP contribution is -2.30. The Morgan fingerprint density at radius 2 is 1.56 bits per heavy atom. The molecule has 0 amide bonds. The maximum atomic E-state index is 12.8. The van der Waals surface area contributed by atoms with Gasteiger partial charge in [-0.05, 0) is 95.3 Å². The van der Waals surface area contributed by atoms with Crippen molar-refractivity contribution >= 4 is 0 Å². The van der Waals surface area contributed by atoms with E-state index in [0.29, 0.717) is 6.42 Å². The van der Waals surface area contributed by atoms with Crippen LogP contribution in [0, 0.1) is 12.7 Å². The number of nitrogens with one attached hydrogen (secondary N) is 1. The highest BCUT2D eigenvalue weighted by atomic mass is 19.1. The molecule has 2 aromatic rings. The van der Waals surface area contributed by atoms with Gasteiger partial charge in [0, 0.05) is 24.9 Å². The van der Waals surface area contributed by atoms with Crippen LogP contribution in [0.25, 0.3) is 0 Å². The van der Waals surface area contributed by atoms with Crippen molar-refractivity contribution in [1.29, 1.82) is 0 Å². The van der Waals surface area contributed by atoms with E-state index in [1.54, 1.807) is 36.1 Å². The predicted octanol–water partition coefficient (Wildman–Crippen LogP) is 11.1. The third-order valence-corrected chi connectivity index (χ3v) is 6.02. The number of hydrogen-bond donors (Lipinski definition) is 1. The Balaban J connectivity index is 0. The van der Waals surface area contributed by atoms with Gasteiger partial charge in [0.2, 0.25) is 0 Å². The Morgan fingerprint density at radius 3 is 2.02 bits per heavy atom. The molecule has 1 aliphatic rings. The van der Waals surface area contributed by atoms with E-state index in [9.17, 15) is 8.78 Å². The van der Waals surface area contributed by atoms with Crippen molar-refractivity contribution in [2.75, 3.05) is 19.6 Å². The van der Waals surface area contributed by atoms with Gasteiger partial charge in [-0.2, -0.15) is 5.10 Å². The van der Waals surface area contributed by atoms with Crippen molar-refractivity contribution in [1.82, 2.24) is 15.1 Å². The van der Waals surface area contributed by atoms with Crippen LogP contribution < -0.4 is 0 Å². The lowest BCUT2D eigenvalue weighted by Gasteiger charge is -2.26. The minimum absolute atomic E-state index is 0.171. The summed E-state index contributed by atoms with van der Waals surface area (Å²) in [6, 6.07) is 8.26. The van der Waals surface area contributed by atoms with E-state index in [1.165, 1.54) is 76.4 Å². The zero-order valence-electron chi connectivity index (χ0n) is 27.2. The summed E-state index contributed by atoms with van der Waals surface area (Å²) >= 11 is 0. The summed E-state index contributed by atoms with van der Waals surface area (Å²) in [5, 5.41) is 6.59. The number of likely N-dealkylation sites (tertiary alicyclic amines) is 1. The molecule has 1 aromatic carbocycles. The number of nitrogens with zero attached hydrogens (tertiary/aromatic N) is 2. The highest BCUT2D eigenvalue weighted by molar-refractivity contribution is 5.14. The summed E-state index contributed by atoms with van der Waals surface area (Å²) in [4.78, 5) is 2.63. The fourth-order valence-corrected chi connectivity index (χ4v) is 3.69. The normalized spacial score (nSPS) is 13.4. The molecule has 3 nitrogen and oxygen atoms in total. The molecule has 0 atom stereocenters. The number of allylic oxidation sites excluding steroid dienone is 6. The highest BCUT2D eigenvalue weighted by Gasteiger charge is 2.09. The van der Waals surface area contributed by atoms with Gasteiger partial charge in [0.15, 0.2) is 0 Å². The highest BCUT2D eigenvalue weighted by Crippen LogP contribution is 2.13. The monoisotopic (exact) mass is 571 g/mol. The Morgan fingerprint density at radius 1 is 0.951 bits per heavy atom. The number of rotatable bonds is 10. The third-order valence-electron chi connectivity index (χ3n) is 6.02. The van der Waals surface area contributed by atoms with E-state index >= 15 is 0 Å². The van der Waals surface area contributed by atoms with Crippen molar-refractivity contribution in [3.8, 4) is 0 Å². The molecule has 3 rings (SSSR count). The van der Waals surface area contributed by atoms with Gasteiger partial charge in [-0.3, -0.25) is 5.10 Å². The number of H-pyrrole nitrogens is 1. The van der Waals surface area contributed by atoms with Crippen molar-refractivity contribution in [3.05, 3.63) is 102 Å². The molecule has 1 saturated heterocycles. The average Bonchev–Trinajstić information content (AvgIpc) is 3.53. The number of aromatic amines is 1. The van der Waals surface area contributed by atoms with Crippen LogP contribution in [0.4, 0.5) is 8.78 Å². The van der Waals surface area contributed by atoms with E-state index < -0.39 is 0 Å². The van der Waals surface area contributed by atoms with Crippen LogP contribution >= 0.6 is 0 Å². The van der Waals surface area contributed by atoms with Gasteiger partial charge in [0.1, 0.15) is 11.6 Å². The first-order valence-corrected chi connectivity index (χ1v) is 15.6. The number of hydrogen-bond acceptors (Lipinski definition) is 2. The fraction of sp³-hybridized carbons (Fsp3) is 0.528. The number of benzene rings is 1. The van der Waals surface area contributed by atoms with Crippen LogP contribution in [0.2, 0.25) is 0 Å². The van der Waals surface area contributed by atoms with Gasteiger partial charge in [0.05, 0.1) is 0 Å². The first-order valence-electron chi connectivity index (χ1n) is 15.6. The average molecular weight is 572 g/mol. The van der Waals surface area contributed by atoms with E-state index in [0.717, 1.165) is 24.1 Å². The molecule has 232 valence electrons. The first-order chi connectivity index (χ1) is 19.9. The standard InChI is InChI=1S/C13H25N.C10H13FN2.C7H7F.C4H8.C2H6/c1-3-8-13(4-2)9-12-14-10-6-5-7-11-14;1-2-4-9(11)5-3-6-10-7-8-12-13-10;1-6-2-4-7(8)5-3-6;1-3-4-2;1-2/h8H,3-7,9-12H2,1-2H3;3-5,7-8H,2,6H2,1H3,(H,12,13);2-5H,1H3;3H,1,4H2,2H3;1-2H3/b13-8+;5-3-,9-4+;;;. The molecule has 0 aliphatic carbocycles. The van der Waals surface area contributed by atoms with Crippen molar-refractivity contribution in [2.24, 2.45) is 0 Å². The molecule has 1 fully saturated rings. The second-order valence-electron chi connectivity index (χ2n) is 9.45. The van der Waals surface area contributed by atoms with Crippen molar-refractivity contribution < 1.29 is 8.78 Å². The zero-order valence-corrected chi connectivity index (χ0v) is 27.2. The van der Waals surface area contributed by atoms with Crippen LogP contribution in [-0.2, 0) is 6.42 Å². The molecule has 0 saturated carbocycles. The van der Waals surface area contributed by atoms with Crippen LogP contribution in [0.1, 0.15) is 104 Å². The Labute approximate surface area is 251 Å². The second-order valence-corrected chi connectivity index (χ2v) is 9.45. The largest absolute Gasteiger partial charge is 0.303 e. The molecule has 0 spiro atoms. The molecule has 0 bridgehead atoms. The summed E-state index contributed by atoms with van der Waals surface area (Å²) in [6.07, 6.45) is 21.3. The summed E-state index contributed by atoms with van der Waals surface area (Å²) < 4.78 is 24.9. The van der Waals surface area contributed by atoms with Gasteiger partial charge in [-0.1, -0.05) is 89.5 Å². The molecule has 2 heterocycles. The zero-order chi connectivity index (χ0) is 31.1. The predicted molar refractivity (Wildman–Crippen MR) is 177 cm³/mol.